The normalized spacial score (nSPS) is 43.2. The molecule has 4 heteroatoms. The van der Waals surface area contributed by atoms with Crippen LogP contribution in [0.4, 0.5) is 0 Å². The molecule has 0 unspecified atom stereocenters. The van der Waals surface area contributed by atoms with Gasteiger partial charge in [0, 0.05) is 6.04 Å². The highest BCUT2D eigenvalue weighted by molar-refractivity contribution is 5.01. The summed E-state index contributed by atoms with van der Waals surface area (Å²) in [5.41, 5.74) is 0. The molecule has 5 rings (SSSR count). The zero-order chi connectivity index (χ0) is 11.2. The molecule has 0 aliphatic heterocycles. The van der Waals surface area contributed by atoms with Crippen molar-refractivity contribution >= 4 is 0 Å². The Balaban J connectivity index is 1.44. The van der Waals surface area contributed by atoms with Crippen LogP contribution in [0.2, 0.25) is 0 Å². The second kappa shape index (κ2) is 3.80. The monoisotopic (exact) mass is 233 g/mol. The topological polar surface area (TPSA) is 51.0 Å². The van der Waals surface area contributed by atoms with Crippen molar-refractivity contribution in [1.82, 2.24) is 15.5 Å². The lowest BCUT2D eigenvalue weighted by molar-refractivity contribution is -0.0145. The molecule has 1 aromatic rings. The van der Waals surface area contributed by atoms with Crippen LogP contribution in [0, 0.1) is 23.7 Å². The molecule has 1 heterocycles. The zero-order valence-corrected chi connectivity index (χ0v) is 10.0. The van der Waals surface area contributed by atoms with Crippen molar-refractivity contribution in [3.63, 3.8) is 0 Å². The van der Waals surface area contributed by atoms with Crippen LogP contribution in [-0.2, 0) is 6.54 Å². The van der Waals surface area contributed by atoms with Gasteiger partial charge in [-0.15, -0.1) is 0 Å². The molecule has 1 aromatic heterocycles. The van der Waals surface area contributed by atoms with E-state index in [1.807, 2.05) is 0 Å². The minimum atomic E-state index is 0.710. The summed E-state index contributed by atoms with van der Waals surface area (Å²) in [7, 11) is 0. The molecule has 0 atom stereocenters. The molecule has 0 spiro atoms. The van der Waals surface area contributed by atoms with Crippen LogP contribution in [0.15, 0.2) is 10.9 Å². The summed E-state index contributed by atoms with van der Waals surface area (Å²) in [6.45, 7) is 0.767. The van der Waals surface area contributed by atoms with Gasteiger partial charge in [-0.25, -0.2) is 0 Å². The molecular formula is C13H19N3O. The van der Waals surface area contributed by atoms with E-state index in [2.05, 4.69) is 15.5 Å². The van der Waals surface area contributed by atoms with E-state index in [9.17, 15) is 0 Å². The number of aromatic nitrogens is 2. The molecule has 4 saturated carbocycles. The number of nitrogens with one attached hydrogen (secondary N) is 1. The third-order valence-corrected chi connectivity index (χ3v) is 5.13. The Kier molecular flexibility index (Phi) is 2.25. The fourth-order valence-electron chi connectivity index (χ4n) is 4.74. The average Bonchev–Trinajstić information content (AvgIpc) is 2.80. The van der Waals surface area contributed by atoms with E-state index in [0.29, 0.717) is 6.04 Å². The van der Waals surface area contributed by atoms with E-state index < -0.39 is 0 Å². The van der Waals surface area contributed by atoms with Gasteiger partial charge in [0.15, 0.2) is 5.82 Å². The van der Waals surface area contributed by atoms with Gasteiger partial charge in [0.25, 0.3) is 0 Å². The molecule has 0 saturated heterocycles. The second-order valence-corrected chi connectivity index (χ2v) is 6.18. The standard InChI is InChI=1S/C13H19N3O/c1-8-2-10-4-9(1)5-11(3-8)13(10)14-6-12-15-7-17-16-12/h7-11,13-14H,1-6H2. The van der Waals surface area contributed by atoms with Gasteiger partial charge in [-0.3, -0.25) is 0 Å². The first kappa shape index (κ1) is 10.1. The van der Waals surface area contributed by atoms with Crippen LogP contribution < -0.4 is 5.32 Å². The summed E-state index contributed by atoms with van der Waals surface area (Å²) in [4.78, 5) is 4.08. The number of rotatable bonds is 3. The number of nitrogens with zero attached hydrogens (tertiary/aromatic N) is 2. The molecule has 4 nitrogen and oxygen atoms in total. The first-order chi connectivity index (χ1) is 8.38. The summed E-state index contributed by atoms with van der Waals surface area (Å²) >= 11 is 0. The summed E-state index contributed by atoms with van der Waals surface area (Å²) in [5, 5.41) is 7.55. The molecule has 4 fully saturated rings. The molecule has 0 amide bonds. The Bertz CT molecular complexity index is 361. The van der Waals surface area contributed by atoms with Crippen LogP contribution in [0.5, 0.6) is 0 Å². The van der Waals surface area contributed by atoms with Crippen LogP contribution in [-0.4, -0.2) is 16.2 Å². The molecule has 92 valence electrons. The van der Waals surface area contributed by atoms with E-state index in [0.717, 1.165) is 36.0 Å². The van der Waals surface area contributed by atoms with Crippen LogP contribution in [0.3, 0.4) is 0 Å². The lowest BCUT2D eigenvalue weighted by Crippen LogP contribution is -2.54. The first-order valence-corrected chi connectivity index (χ1v) is 6.87. The fraction of sp³-hybridized carbons (Fsp3) is 0.846. The van der Waals surface area contributed by atoms with Gasteiger partial charge in [0.1, 0.15) is 0 Å². The van der Waals surface area contributed by atoms with Gasteiger partial charge in [0.05, 0.1) is 6.54 Å². The van der Waals surface area contributed by atoms with E-state index in [4.69, 9.17) is 4.52 Å². The maximum atomic E-state index is 4.77. The van der Waals surface area contributed by atoms with Crippen molar-refractivity contribution in [2.24, 2.45) is 23.7 Å². The average molecular weight is 233 g/mol. The molecule has 4 aliphatic rings. The maximum Gasteiger partial charge on any atom is 0.213 e. The van der Waals surface area contributed by atoms with Crippen molar-refractivity contribution in [1.29, 1.82) is 0 Å². The molecule has 0 radical (unpaired) electrons. The minimum Gasteiger partial charge on any atom is -0.343 e. The van der Waals surface area contributed by atoms with Gasteiger partial charge in [-0.2, -0.15) is 4.98 Å². The van der Waals surface area contributed by atoms with Gasteiger partial charge in [0.2, 0.25) is 6.39 Å². The van der Waals surface area contributed by atoms with Crippen molar-refractivity contribution in [2.45, 2.75) is 44.7 Å². The zero-order valence-electron chi connectivity index (χ0n) is 10.0. The van der Waals surface area contributed by atoms with Crippen molar-refractivity contribution in [3.05, 3.63) is 12.2 Å². The molecule has 1 N–H and O–H groups in total. The highest BCUT2D eigenvalue weighted by atomic mass is 16.5. The van der Waals surface area contributed by atoms with Crippen molar-refractivity contribution < 1.29 is 4.52 Å². The Labute approximate surface area is 101 Å². The third-order valence-electron chi connectivity index (χ3n) is 5.13. The Morgan fingerprint density at radius 1 is 1.12 bits per heavy atom. The SMILES string of the molecule is c1nc(CNC2C3CC4CC(C3)CC2C4)no1. The van der Waals surface area contributed by atoms with Crippen LogP contribution in [0.1, 0.15) is 37.9 Å². The lowest BCUT2D eigenvalue weighted by Gasteiger charge is -2.54. The van der Waals surface area contributed by atoms with E-state index >= 15 is 0 Å². The Hall–Kier alpha value is -0.900. The van der Waals surface area contributed by atoms with Crippen LogP contribution >= 0.6 is 0 Å². The van der Waals surface area contributed by atoms with Crippen molar-refractivity contribution in [2.75, 3.05) is 0 Å². The molecule has 17 heavy (non-hydrogen) atoms. The summed E-state index contributed by atoms with van der Waals surface area (Å²) in [5.74, 6) is 4.71. The smallest absolute Gasteiger partial charge is 0.213 e. The first-order valence-electron chi connectivity index (χ1n) is 6.87. The maximum absolute atomic E-state index is 4.77. The largest absolute Gasteiger partial charge is 0.343 e. The molecule has 4 aliphatic carbocycles. The van der Waals surface area contributed by atoms with E-state index in [1.165, 1.54) is 38.5 Å². The molecular weight excluding hydrogens is 214 g/mol. The Morgan fingerprint density at radius 2 is 1.82 bits per heavy atom. The number of hydrogen-bond donors (Lipinski definition) is 1. The highest BCUT2D eigenvalue weighted by Gasteiger charge is 2.47. The fourth-order valence-corrected chi connectivity index (χ4v) is 4.74. The summed E-state index contributed by atoms with van der Waals surface area (Å²) < 4.78 is 4.77. The molecule has 4 bridgehead atoms. The number of hydrogen-bond acceptors (Lipinski definition) is 4. The minimum absolute atomic E-state index is 0.710. The van der Waals surface area contributed by atoms with Crippen molar-refractivity contribution in [3.8, 4) is 0 Å². The quantitative estimate of drug-likeness (QED) is 0.867. The Morgan fingerprint density at radius 3 is 2.41 bits per heavy atom. The van der Waals surface area contributed by atoms with Crippen LogP contribution in [0.25, 0.3) is 0 Å². The predicted octanol–water partition coefficient (Wildman–Crippen LogP) is 1.98. The third kappa shape index (κ3) is 1.69. The van der Waals surface area contributed by atoms with Gasteiger partial charge < -0.3 is 9.84 Å². The van der Waals surface area contributed by atoms with E-state index in [1.54, 1.807) is 0 Å². The van der Waals surface area contributed by atoms with E-state index in [-0.39, 0.29) is 0 Å². The molecule has 0 aromatic carbocycles. The predicted molar refractivity (Wildman–Crippen MR) is 62.0 cm³/mol. The van der Waals surface area contributed by atoms with Gasteiger partial charge in [-0.1, -0.05) is 5.16 Å². The lowest BCUT2D eigenvalue weighted by atomic mass is 9.54. The van der Waals surface area contributed by atoms with Gasteiger partial charge >= 0.3 is 0 Å². The second-order valence-electron chi connectivity index (χ2n) is 6.18. The summed E-state index contributed by atoms with van der Waals surface area (Å²) in [6.07, 6.45) is 8.75. The highest BCUT2D eigenvalue weighted by Crippen LogP contribution is 2.53. The summed E-state index contributed by atoms with van der Waals surface area (Å²) in [6, 6.07) is 0.710. The van der Waals surface area contributed by atoms with Gasteiger partial charge in [-0.05, 0) is 55.8 Å².